The molecule has 0 unspecified atom stereocenters. The van der Waals surface area contributed by atoms with Crippen molar-refractivity contribution < 1.29 is 0 Å². The van der Waals surface area contributed by atoms with Gasteiger partial charge in [0.25, 0.3) is 0 Å². The van der Waals surface area contributed by atoms with Gasteiger partial charge in [0.15, 0.2) is 0 Å². The highest BCUT2D eigenvalue weighted by atomic mass is 32.1. The molecule has 0 aliphatic carbocycles. The average Bonchev–Trinajstić information content (AvgIpc) is 2.14. The Morgan fingerprint density at radius 2 is 2.71 bits per heavy atom. The van der Waals surface area contributed by atoms with Crippen LogP contribution in [0.3, 0.4) is 0 Å². The summed E-state index contributed by atoms with van der Waals surface area (Å²) in [7, 11) is 0. The minimum Gasteiger partial charge on any atom is -0.253 e. The Kier molecular flexibility index (Phi) is 1.38. The third kappa shape index (κ3) is 0.976. The fourth-order valence-corrected chi connectivity index (χ4v) is 0.792. The SMILES string of the molecule is [NH]Cc1cncs1. The van der Waals surface area contributed by atoms with Gasteiger partial charge in [0.05, 0.1) is 5.51 Å². The summed E-state index contributed by atoms with van der Waals surface area (Å²) in [5.74, 6) is 0. The zero-order valence-corrected chi connectivity index (χ0v) is 4.53. The molecule has 3 heteroatoms. The van der Waals surface area contributed by atoms with Crippen LogP contribution in [0.25, 0.3) is 0 Å². The van der Waals surface area contributed by atoms with Crippen LogP contribution in [-0.2, 0) is 6.54 Å². The highest BCUT2D eigenvalue weighted by Gasteiger charge is 1.85. The highest BCUT2D eigenvalue weighted by Crippen LogP contribution is 2.02. The summed E-state index contributed by atoms with van der Waals surface area (Å²) in [6, 6.07) is 0. The fourth-order valence-electron chi connectivity index (χ4n) is 0.329. The predicted octanol–water partition coefficient (Wildman–Crippen LogP) is 0.926. The molecular formula is C4H5N2S. The molecule has 0 saturated heterocycles. The van der Waals surface area contributed by atoms with Gasteiger partial charge in [-0.15, -0.1) is 11.3 Å². The Bertz CT molecular complexity index is 124. The lowest BCUT2D eigenvalue weighted by molar-refractivity contribution is 1.05. The maximum atomic E-state index is 6.83. The van der Waals surface area contributed by atoms with Gasteiger partial charge in [-0.2, -0.15) is 0 Å². The van der Waals surface area contributed by atoms with Gasteiger partial charge in [-0.25, -0.2) is 0 Å². The van der Waals surface area contributed by atoms with Crippen molar-refractivity contribution in [3.05, 3.63) is 16.6 Å². The van der Waals surface area contributed by atoms with E-state index in [1.54, 1.807) is 11.7 Å². The van der Waals surface area contributed by atoms with Crippen molar-refractivity contribution in [1.82, 2.24) is 10.7 Å². The van der Waals surface area contributed by atoms with Gasteiger partial charge < -0.3 is 0 Å². The van der Waals surface area contributed by atoms with Crippen molar-refractivity contribution in [2.75, 3.05) is 0 Å². The number of rotatable bonds is 1. The van der Waals surface area contributed by atoms with Crippen LogP contribution in [-0.4, -0.2) is 4.98 Å². The van der Waals surface area contributed by atoms with Gasteiger partial charge in [-0.3, -0.25) is 10.7 Å². The first-order valence-corrected chi connectivity index (χ1v) is 2.83. The van der Waals surface area contributed by atoms with E-state index in [2.05, 4.69) is 4.98 Å². The van der Waals surface area contributed by atoms with Crippen LogP contribution in [0.15, 0.2) is 11.7 Å². The van der Waals surface area contributed by atoms with Crippen LogP contribution in [0.1, 0.15) is 4.88 Å². The molecule has 0 aliphatic heterocycles. The number of nitrogens with one attached hydrogen (secondary N) is 1. The number of aromatic nitrogens is 1. The molecule has 0 bridgehead atoms. The molecule has 37 valence electrons. The first-order chi connectivity index (χ1) is 3.43. The van der Waals surface area contributed by atoms with E-state index in [1.807, 2.05) is 0 Å². The third-order valence-corrected chi connectivity index (χ3v) is 1.44. The van der Waals surface area contributed by atoms with Crippen LogP contribution in [0.4, 0.5) is 0 Å². The van der Waals surface area contributed by atoms with Crippen molar-refractivity contribution in [3.63, 3.8) is 0 Å². The largest absolute Gasteiger partial charge is 0.253 e. The maximum Gasteiger partial charge on any atom is 0.0794 e. The normalized spacial score (nSPS) is 9.29. The molecule has 7 heavy (non-hydrogen) atoms. The van der Waals surface area contributed by atoms with Crippen molar-refractivity contribution in [2.45, 2.75) is 6.54 Å². The molecule has 1 N–H and O–H groups in total. The van der Waals surface area contributed by atoms with Crippen molar-refractivity contribution in [1.29, 1.82) is 0 Å². The quantitative estimate of drug-likeness (QED) is 0.533. The van der Waals surface area contributed by atoms with Crippen LogP contribution in [0.2, 0.25) is 0 Å². The average molecular weight is 113 g/mol. The molecule has 0 amide bonds. The van der Waals surface area contributed by atoms with Crippen LogP contribution >= 0.6 is 11.3 Å². The Labute approximate surface area is 46.0 Å². The standard InChI is InChI=1S/C4H5N2S/c5-1-4-2-6-3-7-4/h2-3,5H,1H2. The molecule has 0 aromatic carbocycles. The summed E-state index contributed by atoms with van der Waals surface area (Å²) in [5.41, 5.74) is 8.57. The molecule has 0 saturated carbocycles. The summed E-state index contributed by atoms with van der Waals surface area (Å²) in [5, 5.41) is 0. The summed E-state index contributed by atoms with van der Waals surface area (Å²) in [4.78, 5) is 4.82. The molecule has 1 radical (unpaired) electrons. The van der Waals surface area contributed by atoms with Crippen molar-refractivity contribution in [3.8, 4) is 0 Å². The summed E-state index contributed by atoms with van der Waals surface area (Å²) in [6.07, 6.45) is 1.72. The molecule has 2 nitrogen and oxygen atoms in total. The van der Waals surface area contributed by atoms with Crippen LogP contribution in [0.5, 0.6) is 0 Å². The monoisotopic (exact) mass is 113 g/mol. The van der Waals surface area contributed by atoms with Gasteiger partial charge >= 0.3 is 0 Å². The smallest absolute Gasteiger partial charge is 0.0794 e. The van der Waals surface area contributed by atoms with E-state index in [0.717, 1.165) is 4.88 Å². The van der Waals surface area contributed by atoms with Gasteiger partial charge in [0.1, 0.15) is 0 Å². The van der Waals surface area contributed by atoms with E-state index in [4.69, 9.17) is 5.73 Å². The molecule has 0 fully saturated rings. The van der Waals surface area contributed by atoms with Gasteiger partial charge in [-0.05, 0) is 0 Å². The first kappa shape index (κ1) is 4.74. The number of thiazole rings is 1. The Balaban J connectivity index is 2.76. The Morgan fingerprint density at radius 3 is 3.00 bits per heavy atom. The summed E-state index contributed by atoms with van der Waals surface area (Å²) in [6.45, 7) is 0.366. The van der Waals surface area contributed by atoms with Gasteiger partial charge in [0, 0.05) is 17.6 Å². The van der Waals surface area contributed by atoms with Gasteiger partial charge in [-0.1, -0.05) is 0 Å². The topological polar surface area (TPSA) is 36.7 Å². The van der Waals surface area contributed by atoms with Crippen LogP contribution in [0, 0.1) is 0 Å². The van der Waals surface area contributed by atoms with Crippen molar-refractivity contribution >= 4 is 11.3 Å². The zero-order valence-electron chi connectivity index (χ0n) is 3.72. The van der Waals surface area contributed by atoms with E-state index in [9.17, 15) is 0 Å². The molecule has 0 atom stereocenters. The Hall–Kier alpha value is -0.410. The second kappa shape index (κ2) is 2.04. The number of hydrogen-bond acceptors (Lipinski definition) is 2. The van der Waals surface area contributed by atoms with E-state index in [1.165, 1.54) is 11.3 Å². The molecule has 1 aromatic rings. The molecular weight excluding hydrogens is 108 g/mol. The fraction of sp³-hybridized carbons (Fsp3) is 0.250. The minimum atomic E-state index is 0.366. The van der Waals surface area contributed by atoms with Crippen LogP contribution < -0.4 is 5.73 Å². The van der Waals surface area contributed by atoms with E-state index in [0.29, 0.717) is 6.54 Å². The molecule has 0 aliphatic rings. The third-order valence-electron chi connectivity index (χ3n) is 0.658. The molecule has 1 heterocycles. The second-order valence-corrected chi connectivity index (χ2v) is 2.12. The van der Waals surface area contributed by atoms with Crippen molar-refractivity contribution in [2.24, 2.45) is 0 Å². The Morgan fingerprint density at radius 1 is 1.86 bits per heavy atom. The zero-order chi connectivity index (χ0) is 5.11. The summed E-state index contributed by atoms with van der Waals surface area (Å²) < 4.78 is 0. The molecule has 1 aromatic heterocycles. The molecule has 0 spiro atoms. The first-order valence-electron chi connectivity index (χ1n) is 1.95. The lowest BCUT2D eigenvalue weighted by Crippen LogP contribution is -1.74. The molecule has 1 rings (SSSR count). The number of hydrogen-bond donors (Lipinski definition) is 0. The van der Waals surface area contributed by atoms with E-state index in [-0.39, 0.29) is 0 Å². The summed E-state index contributed by atoms with van der Waals surface area (Å²) >= 11 is 1.52. The number of nitrogens with zero attached hydrogens (tertiary/aromatic N) is 1. The highest BCUT2D eigenvalue weighted by molar-refractivity contribution is 7.09. The lowest BCUT2D eigenvalue weighted by atomic mass is 10.6. The lowest BCUT2D eigenvalue weighted by Gasteiger charge is -1.76. The minimum absolute atomic E-state index is 0.366. The maximum absolute atomic E-state index is 6.83. The van der Waals surface area contributed by atoms with Gasteiger partial charge in [0.2, 0.25) is 0 Å². The predicted molar refractivity (Wildman–Crippen MR) is 28.9 cm³/mol. The second-order valence-electron chi connectivity index (χ2n) is 1.14. The van der Waals surface area contributed by atoms with E-state index < -0.39 is 0 Å². The van der Waals surface area contributed by atoms with E-state index >= 15 is 0 Å².